The molecule has 3 aliphatic rings. The van der Waals surface area contributed by atoms with Crippen LogP contribution >= 0.6 is 0 Å². The van der Waals surface area contributed by atoms with E-state index in [0.717, 1.165) is 12.8 Å². The molecular formula is C19H23NO5. The van der Waals surface area contributed by atoms with Crippen molar-refractivity contribution in [2.45, 2.75) is 31.1 Å². The molecule has 1 saturated heterocycles. The Kier molecular flexibility index (Phi) is 4.63. The third-order valence-corrected chi connectivity index (χ3v) is 5.02. The van der Waals surface area contributed by atoms with Crippen molar-refractivity contribution in [2.75, 3.05) is 33.0 Å². The number of fused-ring (bicyclic) bond motifs is 3. The Hall–Kier alpha value is -2.05. The molecule has 2 fully saturated rings. The first kappa shape index (κ1) is 16.4. The molecule has 1 amide bonds. The Morgan fingerprint density at radius 1 is 1.28 bits per heavy atom. The van der Waals surface area contributed by atoms with Crippen molar-refractivity contribution < 1.29 is 23.7 Å². The van der Waals surface area contributed by atoms with Crippen LogP contribution in [0.15, 0.2) is 30.9 Å². The van der Waals surface area contributed by atoms with Crippen LogP contribution in [0.2, 0.25) is 0 Å². The topological polar surface area (TPSA) is 57.2 Å². The maximum Gasteiger partial charge on any atom is 0.258 e. The molecule has 0 spiro atoms. The number of rotatable bonds is 4. The molecule has 3 atom stereocenters. The summed E-state index contributed by atoms with van der Waals surface area (Å²) in [5, 5.41) is 0. The van der Waals surface area contributed by atoms with Gasteiger partial charge in [-0.15, -0.1) is 6.58 Å². The number of carbonyl (C=O) groups is 1. The first-order valence-electron chi connectivity index (χ1n) is 8.83. The van der Waals surface area contributed by atoms with Crippen LogP contribution in [0.25, 0.3) is 0 Å². The molecule has 0 unspecified atom stereocenters. The summed E-state index contributed by atoms with van der Waals surface area (Å²) in [6.45, 7) is 6.21. The standard InChI is InChI=1S/C19H23NO5/c1-2-9-24-18-14-6-7-16(18)22-10-8-20(14)19(21)13-4-3-5-15-17(13)25-12-11-23-15/h2-5,14,16,18H,1,6-12H2/t14-,16-,18+/m1/s1. The molecule has 4 rings (SSSR count). The maximum absolute atomic E-state index is 13.3. The van der Waals surface area contributed by atoms with Crippen LogP contribution in [0.5, 0.6) is 11.5 Å². The molecule has 1 saturated carbocycles. The lowest BCUT2D eigenvalue weighted by molar-refractivity contribution is -0.0434. The van der Waals surface area contributed by atoms with Crippen LogP contribution in [0.4, 0.5) is 0 Å². The summed E-state index contributed by atoms with van der Waals surface area (Å²) in [6.07, 6.45) is 3.45. The zero-order valence-electron chi connectivity index (χ0n) is 14.2. The van der Waals surface area contributed by atoms with Gasteiger partial charge < -0.3 is 23.8 Å². The van der Waals surface area contributed by atoms with Gasteiger partial charge in [0.05, 0.1) is 30.9 Å². The maximum atomic E-state index is 13.3. The van der Waals surface area contributed by atoms with Gasteiger partial charge in [0.1, 0.15) is 19.3 Å². The van der Waals surface area contributed by atoms with Crippen molar-refractivity contribution in [3.8, 4) is 11.5 Å². The summed E-state index contributed by atoms with van der Waals surface area (Å²) >= 11 is 0. The monoisotopic (exact) mass is 345 g/mol. The molecule has 6 nitrogen and oxygen atoms in total. The predicted molar refractivity (Wildman–Crippen MR) is 91.2 cm³/mol. The number of hydrogen-bond acceptors (Lipinski definition) is 5. The van der Waals surface area contributed by atoms with Crippen molar-refractivity contribution >= 4 is 5.91 Å². The second-order valence-electron chi connectivity index (χ2n) is 6.47. The SMILES string of the molecule is C=CCO[C@H]1[C@H]2CC[C@H]1OCCN2C(=O)c1cccc2c1OCCO2. The zero-order valence-corrected chi connectivity index (χ0v) is 14.2. The van der Waals surface area contributed by atoms with Crippen LogP contribution in [0.3, 0.4) is 0 Å². The second-order valence-corrected chi connectivity index (χ2v) is 6.47. The van der Waals surface area contributed by atoms with E-state index in [0.29, 0.717) is 50.0 Å². The number of nitrogens with zero attached hydrogens (tertiary/aromatic N) is 1. The number of ether oxygens (including phenoxy) is 4. The summed E-state index contributed by atoms with van der Waals surface area (Å²) in [4.78, 5) is 15.2. The molecule has 0 radical (unpaired) electrons. The third kappa shape index (κ3) is 3.00. The fraction of sp³-hybridized carbons (Fsp3) is 0.526. The summed E-state index contributed by atoms with van der Waals surface area (Å²) in [6, 6.07) is 5.48. The molecule has 1 aliphatic carbocycles. The Morgan fingerprint density at radius 2 is 2.16 bits per heavy atom. The van der Waals surface area contributed by atoms with E-state index in [-0.39, 0.29) is 24.2 Å². The first-order chi connectivity index (χ1) is 12.3. The quantitative estimate of drug-likeness (QED) is 0.782. The highest BCUT2D eigenvalue weighted by molar-refractivity contribution is 5.98. The number of carbonyl (C=O) groups excluding carboxylic acids is 1. The van der Waals surface area contributed by atoms with Crippen LogP contribution in [0, 0.1) is 0 Å². The van der Waals surface area contributed by atoms with Gasteiger partial charge in [-0.3, -0.25) is 4.79 Å². The molecular weight excluding hydrogens is 322 g/mol. The van der Waals surface area contributed by atoms with Gasteiger partial charge in [0.25, 0.3) is 5.91 Å². The molecule has 0 N–H and O–H groups in total. The fourth-order valence-corrected chi connectivity index (χ4v) is 3.94. The van der Waals surface area contributed by atoms with Gasteiger partial charge in [-0.05, 0) is 25.0 Å². The average molecular weight is 345 g/mol. The Balaban J connectivity index is 1.62. The summed E-state index contributed by atoms with van der Waals surface area (Å²) in [5.74, 6) is 1.12. The normalized spacial score (nSPS) is 27.7. The van der Waals surface area contributed by atoms with Gasteiger partial charge in [-0.1, -0.05) is 12.1 Å². The lowest BCUT2D eigenvalue weighted by atomic mass is 10.1. The van der Waals surface area contributed by atoms with Gasteiger partial charge >= 0.3 is 0 Å². The molecule has 2 aliphatic heterocycles. The van der Waals surface area contributed by atoms with Crippen LogP contribution < -0.4 is 9.47 Å². The van der Waals surface area contributed by atoms with Gasteiger partial charge in [-0.25, -0.2) is 0 Å². The Labute approximate surface area is 147 Å². The van der Waals surface area contributed by atoms with Gasteiger partial charge in [0.15, 0.2) is 11.5 Å². The van der Waals surface area contributed by atoms with Crippen molar-refractivity contribution in [1.82, 2.24) is 4.90 Å². The van der Waals surface area contributed by atoms with E-state index in [2.05, 4.69) is 6.58 Å². The summed E-state index contributed by atoms with van der Waals surface area (Å²) in [7, 11) is 0. The second kappa shape index (κ2) is 7.06. The minimum atomic E-state index is -0.110. The van der Waals surface area contributed by atoms with Crippen molar-refractivity contribution in [2.24, 2.45) is 0 Å². The van der Waals surface area contributed by atoms with Crippen molar-refractivity contribution in [3.63, 3.8) is 0 Å². The van der Waals surface area contributed by atoms with E-state index in [4.69, 9.17) is 18.9 Å². The number of amides is 1. The van der Waals surface area contributed by atoms with Gasteiger partial charge in [-0.2, -0.15) is 0 Å². The Morgan fingerprint density at radius 3 is 3.04 bits per heavy atom. The molecule has 6 heteroatoms. The molecule has 1 aromatic rings. The molecule has 2 bridgehead atoms. The van der Waals surface area contributed by atoms with Gasteiger partial charge in [0.2, 0.25) is 0 Å². The minimum absolute atomic E-state index is 0.0142. The van der Waals surface area contributed by atoms with Gasteiger partial charge in [0, 0.05) is 6.54 Å². The number of hydrogen-bond donors (Lipinski definition) is 0. The molecule has 25 heavy (non-hydrogen) atoms. The highest BCUT2D eigenvalue weighted by Crippen LogP contribution is 2.37. The largest absolute Gasteiger partial charge is 0.486 e. The first-order valence-corrected chi connectivity index (χ1v) is 8.83. The lowest BCUT2D eigenvalue weighted by Crippen LogP contribution is -2.46. The van der Waals surface area contributed by atoms with E-state index in [1.54, 1.807) is 12.1 Å². The third-order valence-electron chi connectivity index (χ3n) is 5.02. The molecule has 1 aromatic carbocycles. The van der Waals surface area contributed by atoms with Crippen LogP contribution in [-0.2, 0) is 9.47 Å². The van der Waals surface area contributed by atoms with Crippen LogP contribution in [0.1, 0.15) is 23.2 Å². The summed E-state index contributed by atoms with van der Waals surface area (Å²) in [5.41, 5.74) is 0.546. The average Bonchev–Trinajstić information content (AvgIpc) is 2.94. The summed E-state index contributed by atoms with van der Waals surface area (Å²) < 4.78 is 23.2. The minimum Gasteiger partial charge on any atom is -0.486 e. The Bertz CT molecular complexity index is 661. The highest BCUT2D eigenvalue weighted by atomic mass is 16.6. The number of para-hydroxylation sites is 1. The van der Waals surface area contributed by atoms with E-state index in [1.165, 1.54) is 0 Å². The van der Waals surface area contributed by atoms with Crippen molar-refractivity contribution in [3.05, 3.63) is 36.4 Å². The molecule has 134 valence electrons. The highest BCUT2D eigenvalue weighted by Gasteiger charge is 2.45. The lowest BCUT2D eigenvalue weighted by Gasteiger charge is -2.32. The fourth-order valence-electron chi connectivity index (χ4n) is 3.94. The zero-order chi connectivity index (χ0) is 17.2. The number of benzene rings is 1. The molecule has 2 heterocycles. The van der Waals surface area contributed by atoms with Crippen molar-refractivity contribution in [1.29, 1.82) is 0 Å². The smallest absolute Gasteiger partial charge is 0.258 e. The van der Waals surface area contributed by atoms with Crippen LogP contribution in [-0.4, -0.2) is 62.0 Å². The predicted octanol–water partition coefficient (Wildman–Crippen LogP) is 2.03. The van der Waals surface area contributed by atoms with E-state index in [9.17, 15) is 4.79 Å². The van der Waals surface area contributed by atoms with E-state index < -0.39 is 0 Å². The van der Waals surface area contributed by atoms with E-state index >= 15 is 0 Å². The molecule has 0 aromatic heterocycles. The van der Waals surface area contributed by atoms with E-state index in [1.807, 2.05) is 17.0 Å².